The molecular formula is C38H43N3O7S. The van der Waals surface area contributed by atoms with Crippen LogP contribution in [-0.4, -0.2) is 59.0 Å². The molecule has 10 nitrogen and oxygen atoms in total. The molecule has 0 aromatic heterocycles. The predicted molar refractivity (Wildman–Crippen MR) is 187 cm³/mol. The molecule has 49 heavy (non-hydrogen) atoms. The van der Waals surface area contributed by atoms with Crippen molar-refractivity contribution in [3.05, 3.63) is 119 Å². The van der Waals surface area contributed by atoms with Crippen molar-refractivity contribution < 1.29 is 32.2 Å². The Bertz CT molecular complexity index is 1810. The minimum atomic E-state index is -3.57. The lowest BCUT2D eigenvalue weighted by atomic mass is 10.0. The molecule has 0 saturated heterocycles. The number of nitrogens with zero attached hydrogens (tertiary/aromatic N) is 1. The Labute approximate surface area is 288 Å². The number of amides is 2. The maximum Gasteiger partial charge on any atom is 0.247 e. The molecule has 0 aliphatic heterocycles. The van der Waals surface area contributed by atoms with Gasteiger partial charge >= 0.3 is 0 Å². The van der Waals surface area contributed by atoms with E-state index in [-0.39, 0.29) is 35.7 Å². The van der Waals surface area contributed by atoms with Crippen LogP contribution in [0.15, 0.2) is 102 Å². The fourth-order valence-corrected chi connectivity index (χ4v) is 6.85. The van der Waals surface area contributed by atoms with Gasteiger partial charge in [0.1, 0.15) is 11.8 Å². The highest BCUT2D eigenvalue weighted by molar-refractivity contribution is 7.89. The zero-order valence-corrected chi connectivity index (χ0v) is 28.9. The molecule has 0 spiro atoms. The van der Waals surface area contributed by atoms with Crippen molar-refractivity contribution in [3.63, 3.8) is 0 Å². The van der Waals surface area contributed by atoms with Gasteiger partial charge in [-0.15, -0.1) is 0 Å². The SMILES string of the molecule is COc1ccc(CN(C(=O)CCc2ccc(S(=O)(=O)NC3CC3)cc2)[C@H](C(=O)NCCc2ccc(OC)c(OC)c2)c2ccccc2)cc1. The van der Waals surface area contributed by atoms with Gasteiger partial charge in [-0.25, -0.2) is 13.1 Å². The molecule has 258 valence electrons. The van der Waals surface area contributed by atoms with Crippen LogP contribution in [0.1, 0.15) is 47.6 Å². The number of carbonyl (C=O) groups is 2. The average Bonchev–Trinajstić information content (AvgIpc) is 3.94. The Morgan fingerprint density at radius 3 is 2.06 bits per heavy atom. The molecule has 11 heteroatoms. The topological polar surface area (TPSA) is 123 Å². The molecule has 1 aliphatic carbocycles. The first-order chi connectivity index (χ1) is 23.7. The Morgan fingerprint density at radius 1 is 0.776 bits per heavy atom. The molecule has 5 rings (SSSR count). The van der Waals surface area contributed by atoms with Crippen molar-refractivity contribution in [3.8, 4) is 17.2 Å². The molecule has 0 unspecified atom stereocenters. The van der Waals surface area contributed by atoms with E-state index < -0.39 is 16.1 Å². The van der Waals surface area contributed by atoms with Crippen molar-refractivity contribution in [2.24, 2.45) is 0 Å². The number of methoxy groups -OCH3 is 3. The molecule has 2 amide bonds. The molecular weight excluding hydrogens is 642 g/mol. The zero-order valence-electron chi connectivity index (χ0n) is 28.1. The minimum absolute atomic E-state index is 0.0136. The smallest absolute Gasteiger partial charge is 0.247 e. The zero-order chi connectivity index (χ0) is 34.8. The van der Waals surface area contributed by atoms with Gasteiger partial charge in [-0.2, -0.15) is 0 Å². The van der Waals surface area contributed by atoms with Crippen LogP contribution in [0.5, 0.6) is 17.2 Å². The number of benzene rings is 4. The van der Waals surface area contributed by atoms with Crippen LogP contribution in [-0.2, 0) is 39.0 Å². The second kappa shape index (κ2) is 16.5. The lowest BCUT2D eigenvalue weighted by Gasteiger charge is -2.32. The van der Waals surface area contributed by atoms with Gasteiger partial charge in [0.05, 0.1) is 26.2 Å². The fourth-order valence-electron chi connectivity index (χ4n) is 5.54. The number of rotatable bonds is 17. The summed E-state index contributed by atoms with van der Waals surface area (Å²) in [7, 11) is 1.18. The third-order valence-electron chi connectivity index (χ3n) is 8.43. The van der Waals surface area contributed by atoms with Gasteiger partial charge in [0.15, 0.2) is 11.5 Å². The Balaban J connectivity index is 1.35. The second-order valence-corrected chi connectivity index (χ2v) is 13.7. The van der Waals surface area contributed by atoms with Gasteiger partial charge in [-0.3, -0.25) is 9.59 Å². The number of ether oxygens (including phenoxy) is 3. The maximum atomic E-state index is 14.1. The fraction of sp³-hybridized carbons (Fsp3) is 0.316. The maximum absolute atomic E-state index is 14.1. The van der Waals surface area contributed by atoms with Crippen LogP contribution < -0.4 is 24.2 Å². The quantitative estimate of drug-likeness (QED) is 0.156. The van der Waals surface area contributed by atoms with Crippen LogP contribution in [0.25, 0.3) is 0 Å². The third-order valence-corrected chi connectivity index (χ3v) is 9.97. The highest BCUT2D eigenvalue weighted by Crippen LogP contribution is 2.29. The standard InChI is InChI=1S/C38H43N3O7S/c1-46-32-17-9-29(10-18-32)26-41(36(42)22-14-27-11-19-33(20-12-27)49(44,45)40-31-15-16-31)37(30-7-5-4-6-8-30)38(43)39-24-23-28-13-21-34(47-2)35(25-28)48-3/h4-13,17-21,25,31,37,40H,14-16,22-24,26H2,1-3H3,(H,39,43)/t37-/m0/s1. The molecule has 2 N–H and O–H groups in total. The van der Waals surface area contributed by atoms with E-state index in [9.17, 15) is 18.0 Å². The summed E-state index contributed by atoms with van der Waals surface area (Å²) in [4.78, 5) is 30.0. The highest BCUT2D eigenvalue weighted by Gasteiger charge is 2.32. The van der Waals surface area contributed by atoms with E-state index >= 15 is 0 Å². The normalized spacial score (nSPS) is 13.3. The van der Waals surface area contributed by atoms with Crippen LogP contribution in [0.3, 0.4) is 0 Å². The monoisotopic (exact) mass is 685 g/mol. The number of carbonyl (C=O) groups excluding carboxylic acids is 2. The van der Waals surface area contributed by atoms with Crippen molar-refractivity contribution in [2.75, 3.05) is 27.9 Å². The first-order valence-corrected chi connectivity index (χ1v) is 17.8. The summed E-state index contributed by atoms with van der Waals surface area (Å²) in [5.74, 6) is 1.40. The van der Waals surface area contributed by atoms with Gasteiger partial charge in [-0.1, -0.05) is 60.7 Å². The molecule has 0 radical (unpaired) electrons. The molecule has 1 fully saturated rings. The van der Waals surface area contributed by atoms with E-state index in [1.807, 2.05) is 72.8 Å². The van der Waals surface area contributed by atoms with Crippen molar-refractivity contribution in [1.29, 1.82) is 0 Å². The third kappa shape index (κ3) is 9.61. The summed E-state index contributed by atoms with van der Waals surface area (Å²) in [6.45, 7) is 0.530. The van der Waals surface area contributed by atoms with E-state index in [4.69, 9.17) is 14.2 Å². The van der Waals surface area contributed by atoms with Crippen LogP contribution in [0.4, 0.5) is 0 Å². The number of hydrogen-bond donors (Lipinski definition) is 2. The van der Waals surface area contributed by atoms with Crippen LogP contribution in [0.2, 0.25) is 0 Å². The lowest BCUT2D eigenvalue weighted by molar-refractivity contribution is -0.141. The van der Waals surface area contributed by atoms with Crippen LogP contribution in [0, 0.1) is 0 Å². The van der Waals surface area contributed by atoms with E-state index in [0.717, 1.165) is 29.5 Å². The molecule has 1 saturated carbocycles. The number of nitrogens with one attached hydrogen (secondary N) is 2. The number of sulfonamides is 1. The molecule has 4 aromatic carbocycles. The predicted octanol–water partition coefficient (Wildman–Crippen LogP) is 5.21. The summed E-state index contributed by atoms with van der Waals surface area (Å²) in [5.41, 5.74) is 3.30. The molecule has 0 heterocycles. The summed E-state index contributed by atoms with van der Waals surface area (Å²) in [5, 5.41) is 3.06. The summed E-state index contributed by atoms with van der Waals surface area (Å²) in [6.07, 6.45) is 2.74. The van der Waals surface area contributed by atoms with Crippen LogP contribution >= 0.6 is 0 Å². The number of hydrogen-bond acceptors (Lipinski definition) is 7. The second-order valence-electron chi connectivity index (χ2n) is 12.0. The van der Waals surface area contributed by atoms with Crippen molar-refractivity contribution in [2.45, 2.75) is 55.6 Å². The lowest BCUT2D eigenvalue weighted by Crippen LogP contribution is -2.44. The molecule has 1 atom stereocenters. The van der Waals surface area contributed by atoms with Crippen molar-refractivity contribution >= 4 is 21.8 Å². The summed E-state index contributed by atoms with van der Waals surface area (Å²) in [6, 6.07) is 28.0. The first-order valence-electron chi connectivity index (χ1n) is 16.3. The Kier molecular flexibility index (Phi) is 11.9. The van der Waals surface area contributed by atoms with E-state index in [2.05, 4.69) is 10.0 Å². The largest absolute Gasteiger partial charge is 0.497 e. The summed E-state index contributed by atoms with van der Waals surface area (Å²) >= 11 is 0. The molecule has 4 aromatic rings. The highest BCUT2D eigenvalue weighted by atomic mass is 32.2. The van der Waals surface area contributed by atoms with Gasteiger partial charge < -0.3 is 24.4 Å². The number of aryl methyl sites for hydroxylation is 1. The average molecular weight is 686 g/mol. The van der Waals surface area contributed by atoms with E-state index in [1.165, 1.54) is 0 Å². The van der Waals surface area contributed by atoms with Gasteiger partial charge in [0, 0.05) is 25.6 Å². The van der Waals surface area contributed by atoms with Gasteiger partial charge in [-0.05, 0) is 84.3 Å². The van der Waals surface area contributed by atoms with Gasteiger partial charge in [0.25, 0.3) is 0 Å². The van der Waals surface area contributed by atoms with E-state index in [1.54, 1.807) is 50.5 Å². The van der Waals surface area contributed by atoms with Crippen molar-refractivity contribution in [1.82, 2.24) is 14.9 Å². The molecule has 1 aliphatic rings. The first kappa shape index (κ1) is 35.4. The molecule has 0 bridgehead atoms. The Hall–Kier alpha value is -4.87. The summed E-state index contributed by atoms with van der Waals surface area (Å²) < 4.78 is 44.0. The minimum Gasteiger partial charge on any atom is -0.497 e. The van der Waals surface area contributed by atoms with Gasteiger partial charge in [0.2, 0.25) is 21.8 Å². The Morgan fingerprint density at radius 2 is 1.43 bits per heavy atom. The van der Waals surface area contributed by atoms with E-state index in [0.29, 0.717) is 42.2 Å².